The molecule has 0 saturated carbocycles. The number of likely N-dealkylation sites (tertiary alicyclic amines) is 1. The van der Waals surface area contributed by atoms with Crippen LogP contribution in [0.3, 0.4) is 0 Å². The first-order chi connectivity index (χ1) is 18.1. The molecule has 3 N–H and O–H groups in total. The number of hydrogen-bond acceptors (Lipinski definition) is 8. The van der Waals surface area contributed by atoms with Crippen LogP contribution in [0.25, 0.3) is 22.6 Å². The van der Waals surface area contributed by atoms with Gasteiger partial charge in [0.25, 0.3) is 0 Å². The smallest absolute Gasteiger partial charge is 0.222 e. The quantitative estimate of drug-likeness (QED) is 0.324. The van der Waals surface area contributed by atoms with Crippen LogP contribution in [0.15, 0.2) is 54.6 Å². The Labute approximate surface area is 217 Å². The van der Waals surface area contributed by atoms with E-state index in [4.69, 9.17) is 14.7 Å². The van der Waals surface area contributed by atoms with Gasteiger partial charge in [-0.2, -0.15) is 5.26 Å². The van der Waals surface area contributed by atoms with Gasteiger partial charge in [-0.1, -0.05) is 24.3 Å². The van der Waals surface area contributed by atoms with Crippen LogP contribution in [0.2, 0.25) is 0 Å². The van der Waals surface area contributed by atoms with E-state index in [2.05, 4.69) is 16.7 Å². The Balaban J connectivity index is 1.55. The number of amides is 1. The van der Waals surface area contributed by atoms with E-state index in [0.29, 0.717) is 48.2 Å². The fourth-order valence-corrected chi connectivity index (χ4v) is 4.20. The Kier molecular flexibility index (Phi) is 9.03. The molecule has 3 aromatic rings. The second-order valence-electron chi connectivity index (χ2n) is 8.97. The lowest BCUT2D eigenvalue weighted by Crippen LogP contribution is -2.29. The number of ether oxygens (including phenoxy) is 1. The maximum absolute atomic E-state index is 11.9. The maximum Gasteiger partial charge on any atom is 0.222 e. The molecule has 0 spiro atoms. The van der Waals surface area contributed by atoms with E-state index in [-0.39, 0.29) is 12.5 Å². The van der Waals surface area contributed by atoms with E-state index in [9.17, 15) is 15.2 Å². The number of rotatable bonds is 12. The number of carbonyl (C=O) groups excluding carboxylic acids is 1. The highest BCUT2D eigenvalue weighted by molar-refractivity contribution is 5.78. The molecule has 1 atom stereocenters. The second kappa shape index (κ2) is 12.8. The van der Waals surface area contributed by atoms with E-state index in [1.165, 1.54) is 0 Å². The van der Waals surface area contributed by atoms with Gasteiger partial charge in [0, 0.05) is 49.8 Å². The first-order valence-corrected chi connectivity index (χ1v) is 12.5. The predicted molar refractivity (Wildman–Crippen MR) is 142 cm³/mol. The van der Waals surface area contributed by atoms with Crippen LogP contribution in [-0.4, -0.2) is 71.8 Å². The molecule has 1 saturated heterocycles. The molecule has 0 bridgehead atoms. The molecule has 1 aliphatic heterocycles. The molecule has 1 unspecified atom stereocenters. The topological polar surface area (TPSA) is 123 Å². The molecule has 1 aliphatic rings. The Bertz CT molecular complexity index is 1260. The summed E-state index contributed by atoms with van der Waals surface area (Å²) >= 11 is 0. The fourth-order valence-electron chi connectivity index (χ4n) is 4.20. The average Bonchev–Trinajstić information content (AvgIpc) is 3.34. The number of hydrogen-bond donors (Lipinski definition) is 3. The summed E-state index contributed by atoms with van der Waals surface area (Å²) in [6, 6.07) is 18.8. The Hall–Kier alpha value is -4.00. The molecule has 37 heavy (non-hydrogen) atoms. The zero-order chi connectivity index (χ0) is 26.0. The summed E-state index contributed by atoms with van der Waals surface area (Å²) in [5.74, 6) is 2.01. The number of aromatic nitrogens is 2. The van der Waals surface area contributed by atoms with Crippen LogP contribution >= 0.6 is 0 Å². The highest BCUT2D eigenvalue weighted by Gasteiger charge is 2.19. The van der Waals surface area contributed by atoms with Gasteiger partial charge in [-0.3, -0.25) is 4.79 Å². The van der Waals surface area contributed by atoms with Gasteiger partial charge in [0.05, 0.1) is 17.3 Å². The summed E-state index contributed by atoms with van der Waals surface area (Å²) in [4.78, 5) is 23.3. The van der Waals surface area contributed by atoms with Crippen molar-refractivity contribution in [2.75, 3.05) is 45.2 Å². The van der Waals surface area contributed by atoms with Crippen LogP contribution in [0.4, 0.5) is 5.82 Å². The lowest BCUT2D eigenvalue weighted by atomic mass is 10.1. The largest absolute Gasteiger partial charge is 0.491 e. The second-order valence-corrected chi connectivity index (χ2v) is 8.97. The van der Waals surface area contributed by atoms with Crippen LogP contribution < -0.4 is 15.4 Å². The summed E-state index contributed by atoms with van der Waals surface area (Å²) in [7, 11) is 1.78. The molecule has 0 radical (unpaired) electrons. The Morgan fingerprint density at radius 3 is 2.78 bits per heavy atom. The molecule has 2 heterocycles. The summed E-state index contributed by atoms with van der Waals surface area (Å²) in [5.41, 5.74) is 2.83. The summed E-state index contributed by atoms with van der Waals surface area (Å²) < 4.78 is 5.77. The minimum atomic E-state index is -0.618. The Morgan fingerprint density at radius 1 is 1.16 bits per heavy atom. The standard InChI is InChI=1S/C28H32N6O3/c1-30-18-23(35)19-37-24-9-3-8-22(15-24)28-32-25(21-7-2-6-20(14-21)17-29)16-26(33-28)31-11-5-13-34-12-4-10-27(34)36/h2-3,6-9,14-16,23,30,35H,4-5,10-13,18-19H2,1H3,(H,31,32,33). The van der Waals surface area contributed by atoms with Gasteiger partial charge in [-0.25, -0.2) is 9.97 Å². The van der Waals surface area contributed by atoms with Crippen LogP contribution in [0, 0.1) is 11.3 Å². The number of anilines is 1. The van der Waals surface area contributed by atoms with Gasteiger partial charge < -0.3 is 25.4 Å². The summed E-state index contributed by atoms with van der Waals surface area (Å²) in [5, 5.41) is 25.6. The van der Waals surface area contributed by atoms with Gasteiger partial charge in [0.2, 0.25) is 5.91 Å². The van der Waals surface area contributed by atoms with E-state index in [0.717, 1.165) is 37.1 Å². The molecule has 1 aromatic heterocycles. The zero-order valence-corrected chi connectivity index (χ0v) is 21.0. The number of aliphatic hydroxyl groups excluding tert-OH is 1. The van der Waals surface area contributed by atoms with Crippen LogP contribution in [0.5, 0.6) is 5.75 Å². The van der Waals surface area contributed by atoms with Crippen molar-refractivity contribution in [2.24, 2.45) is 0 Å². The van der Waals surface area contributed by atoms with E-state index in [1.54, 1.807) is 19.2 Å². The monoisotopic (exact) mass is 500 g/mol. The number of likely N-dealkylation sites (N-methyl/N-ethyl adjacent to an activating group) is 1. The highest BCUT2D eigenvalue weighted by Crippen LogP contribution is 2.27. The third kappa shape index (κ3) is 7.26. The minimum absolute atomic E-state index is 0.165. The molecule has 1 amide bonds. The van der Waals surface area contributed by atoms with Gasteiger partial charge in [-0.05, 0) is 44.2 Å². The number of nitrogens with zero attached hydrogens (tertiary/aromatic N) is 4. The number of carbonyl (C=O) groups is 1. The number of nitrogens with one attached hydrogen (secondary N) is 2. The lowest BCUT2D eigenvalue weighted by molar-refractivity contribution is -0.127. The van der Waals surface area contributed by atoms with E-state index in [1.807, 2.05) is 47.4 Å². The summed E-state index contributed by atoms with van der Waals surface area (Å²) in [6.07, 6.45) is 1.77. The van der Waals surface area contributed by atoms with Gasteiger partial charge in [-0.15, -0.1) is 0 Å². The fraction of sp³-hybridized carbons (Fsp3) is 0.357. The van der Waals surface area contributed by atoms with Crippen molar-refractivity contribution in [3.63, 3.8) is 0 Å². The van der Waals surface area contributed by atoms with Crippen molar-refractivity contribution in [1.82, 2.24) is 20.2 Å². The minimum Gasteiger partial charge on any atom is -0.491 e. The maximum atomic E-state index is 11.9. The van der Waals surface area contributed by atoms with E-state index < -0.39 is 6.10 Å². The first-order valence-electron chi connectivity index (χ1n) is 12.5. The van der Waals surface area contributed by atoms with Crippen molar-refractivity contribution < 1.29 is 14.6 Å². The van der Waals surface area contributed by atoms with Crippen molar-refractivity contribution in [1.29, 1.82) is 5.26 Å². The molecule has 192 valence electrons. The molecule has 1 fully saturated rings. The summed E-state index contributed by atoms with van der Waals surface area (Å²) in [6.45, 7) is 2.82. The predicted octanol–water partition coefficient (Wildman–Crippen LogP) is 3.07. The molecule has 4 rings (SSSR count). The average molecular weight is 501 g/mol. The van der Waals surface area contributed by atoms with E-state index >= 15 is 0 Å². The molecule has 2 aromatic carbocycles. The van der Waals surface area contributed by atoms with Crippen LogP contribution in [0.1, 0.15) is 24.8 Å². The third-order valence-corrected chi connectivity index (χ3v) is 6.07. The molecule has 0 aliphatic carbocycles. The number of nitriles is 1. The van der Waals surface area contributed by atoms with Gasteiger partial charge >= 0.3 is 0 Å². The van der Waals surface area contributed by atoms with Crippen molar-refractivity contribution in [3.8, 4) is 34.5 Å². The lowest BCUT2D eigenvalue weighted by Gasteiger charge is -2.16. The highest BCUT2D eigenvalue weighted by atomic mass is 16.5. The normalized spacial score (nSPS) is 13.9. The van der Waals surface area contributed by atoms with Crippen LogP contribution in [-0.2, 0) is 4.79 Å². The van der Waals surface area contributed by atoms with Crippen molar-refractivity contribution in [2.45, 2.75) is 25.4 Å². The molecule has 9 nitrogen and oxygen atoms in total. The first kappa shape index (κ1) is 26.1. The third-order valence-electron chi connectivity index (χ3n) is 6.07. The van der Waals surface area contributed by atoms with Crippen molar-refractivity contribution >= 4 is 11.7 Å². The molecule has 9 heteroatoms. The number of benzene rings is 2. The molecular formula is C28H32N6O3. The van der Waals surface area contributed by atoms with Gasteiger partial charge in [0.15, 0.2) is 5.82 Å². The Morgan fingerprint density at radius 2 is 2.00 bits per heavy atom. The number of aliphatic hydroxyl groups is 1. The van der Waals surface area contributed by atoms with Crippen molar-refractivity contribution in [3.05, 3.63) is 60.2 Å². The SMILES string of the molecule is CNCC(O)COc1cccc(-c2nc(NCCCN3CCCC3=O)cc(-c3cccc(C#N)c3)n2)c1. The zero-order valence-electron chi connectivity index (χ0n) is 21.0. The van der Waals surface area contributed by atoms with Gasteiger partial charge in [0.1, 0.15) is 24.3 Å². The molecular weight excluding hydrogens is 468 g/mol.